The van der Waals surface area contributed by atoms with Gasteiger partial charge in [0.15, 0.2) is 5.96 Å². The van der Waals surface area contributed by atoms with Gasteiger partial charge in [-0.25, -0.2) is 13.8 Å². The maximum Gasteiger partial charge on any atom is 0.273 e. The molecule has 0 unspecified atom stereocenters. The van der Waals surface area contributed by atoms with Gasteiger partial charge < -0.3 is 16.2 Å². The van der Waals surface area contributed by atoms with E-state index in [-0.39, 0.29) is 42.6 Å². The van der Waals surface area contributed by atoms with Gasteiger partial charge in [0.05, 0.1) is 30.1 Å². The van der Waals surface area contributed by atoms with E-state index in [9.17, 15) is 14.7 Å². The molecule has 0 spiro atoms. The average molecular weight is 565 g/mol. The van der Waals surface area contributed by atoms with Crippen LogP contribution >= 0.6 is 0 Å². The van der Waals surface area contributed by atoms with E-state index in [4.69, 9.17) is 10.7 Å². The second-order valence-electron chi connectivity index (χ2n) is 12.3. The van der Waals surface area contributed by atoms with Gasteiger partial charge in [0, 0.05) is 24.8 Å². The van der Waals surface area contributed by atoms with Crippen LogP contribution in [0.15, 0.2) is 47.5 Å². The van der Waals surface area contributed by atoms with Crippen molar-refractivity contribution >= 4 is 17.8 Å². The average Bonchev–Trinajstić information content (AvgIpc) is 3.24. The van der Waals surface area contributed by atoms with Crippen molar-refractivity contribution in [2.75, 3.05) is 0 Å². The molecule has 0 saturated heterocycles. The first-order valence-electron chi connectivity index (χ1n) is 14.8. The number of nitrogens with one attached hydrogen (secondary N) is 1. The summed E-state index contributed by atoms with van der Waals surface area (Å²) in [4.78, 5) is 33.4. The molecule has 41 heavy (non-hydrogen) atoms. The molecule has 4 bridgehead atoms. The molecular weight excluding hydrogens is 526 g/mol. The van der Waals surface area contributed by atoms with Gasteiger partial charge in [-0.15, -0.1) is 0 Å². The normalized spacial score (nSPS) is 31.4. The van der Waals surface area contributed by atoms with E-state index in [2.05, 4.69) is 17.4 Å². The highest BCUT2D eigenvalue weighted by Crippen LogP contribution is 2.51. The van der Waals surface area contributed by atoms with E-state index < -0.39 is 42.0 Å². The number of benzene rings is 2. The molecule has 0 fully saturated rings. The number of hydrogen-bond donors (Lipinski definition) is 3. The van der Waals surface area contributed by atoms with Crippen LogP contribution in [0.1, 0.15) is 98.2 Å². The summed E-state index contributed by atoms with van der Waals surface area (Å²) in [5.41, 5.74) is 9.24. The third-order valence-corrected chi connectivity index (χ3v) is 9.70. The first kappa shape index (κ1) is 27.8. The van der Waals surface area contributed by atoms with Gasteiger partial charge in [0.1, 0.15) is 0 Å². The van der Waals surface area contributed by atoms with Crippen LogP contribution in [0.5, 0.6) is 0 Å². The number of alkyl halides is 2. The lowest BCUT2D eigenvalue weighted by atomic mass is 9.74. The number of carbonyl (C=O) groups is 2. The van der Waals surface area contributed by atoms with Crippen molar-refractivity contribution in [1.82, 2.24) is 10.2 Å². The molecule has 5 atom stereocenters. The molecule has 5 aliphatic rings. The van der Waals surface area contributed by atoms with Crippen molar-refractivity contribution in [3.63, 3.8) is 0 Å². The van der Waals surface area contributed by atoms with Gasteiger partial charge >= 0.3 is 0 Å². The SMILES string of the molecule is CC[C@@]12CCCCc3ccc4c(c3)[C@@H](NC(=O)CC[C@@H]3CC(F)(F)c5ccccc5[C@H]3N(C(=O)C1)C(N)=N2)[C@H](O)C4. The molecule has 2 amide bonds. The Labute approximate surface area is 239 Å². The highest BCUT2D eigenvalue weighted by Gasteiger charge is 2.51. The van der Waals surface area contributed by atoms with Gasteiger partial charge in [0.25, 0.3) is 5.92 Å². The first-order chi connectivity index (χ1) is 19.6. The van der Waals surface area contributed by atoms with Crippen LogP contribution in [-0.2, 0) is 28.4 Å². The highest BCUT2D eigenvalue weighted by molar-refractivity contribution is 5.99. The minimum atomic E-state index is -3.11. The molecule has 7 rings (SSSR count). The minimum absolute atomic E-state index is 0.0182. The number of aliphatic hydroxyl groups excluding tert-OH is 1. The molecule has 2 aliphatic carbocycles. The molecule has 3 heterocycles. The van der Waals surface area contributed by atoms with Crippen LogP contribution in [0.4, 0.5) is 8.78 Å². The molecule has 0 aromatic heterocycles. The quantitative estimate of drug-likeness (QED) is 0.462. The maximum atomic E-state index is 15.5. The summed E-state index contributed by atoms with van der Waals surface area (Å²) in [6, 6.07) is 11.2. The molecular formula is C32H38F2N4O3. The van der Waals surface area contributed by atoms with Crippen LogP contribution in [0.3, 0.4) is 0 Å². The second kappa shape index (κ2) is 10.5. The number of aryl methyl sites for hydroxylation is 1. The van der Waals surface area contributed by atoms with Crippen LogP contribution in [0.2, 0.25) is 0 Å². The van der Waals surface area contributed by atoms with Gasteiger partial charge in [-0.05, 0) is 60.3 Å². The number of halogens is 2. The molecule has 9 heteroatoms. The third kappa shape index (κ3) is 5.02. The van der Waals surface area contributed by atoms with E-state index in [1.165, 1.54) is 11.0 Å². The Kier molecular flexibility index (Phi) is 7.12. The summed E-state index contributed by atoms with van der Waals surface area (Å²) < 4.78 is 30.9. The predicted molar refractivity (Wildman–Crippen MR) is 151 cm³/mol. The number of fused-ring (bicyclic) bond motifs is 8. The van der Waals surface area contributed by atoms with E-state index in [0.717, 1.165) is 36.0 Å². The monoisotopic (exact) mass is 564 g/mol. The summed E-state index contributed by atoms with van der Waals surface area (Å²) in [6.45, 7) is 2.01. The Bertz CT molecular complexity index is 1390. The largest absolute Gasteiger partial charge is 0.390 e. The number of rotatable bonds is 1. The van der Waals surface area contributed by atoms with Crippen molar-refractivity contribution in [3.05, 3.63) is 70.3 Å². The van der Waals surface area contributed by atoms with Crippen molar-refractivity contribution in [1.29, 1.82) is 0 Å². The zero-order chi connectivity index (χ0) is 28.9. The van der Waals surface area contributed by atoms with E-state index in [0.29, 0.717) is 24.8 Å². The smallest absolute Gasteiger partial charge is 0.273 e. The minimum Gasteiger partial charge on any atom is -0.390 e. The van der Waals surface area contributed by atoms with Crippen LogP contribution in [-0.4, -0.2) is 39.4 Å². The lowest BCUT2D eigenvalue weighted by Crippen LogP contribution is -2.55. The van der Waals surface area contributed by atoms with E-state index >= 15 is 8.78 Å². The summed E-state index contributed by atoms with van der Waals surface area (Å²) in [6.07, 6.45) is 3.42. The standard InChI is InChI=1S/C32H38F2N4O3/c1-2-31-14-6-5-7-19-10-11-20-16-25(39)28(23(20)15-19)36-26(40)13-12-21-17-32(33,34)24-9-4-3-8-22(24)29(21)38(27(41)18-31)30(35)37-31/h3-4,8-11,15,21,25,28-29,39H,2,5-7,12-14,16-18H2,1H3,(H2,35,37)(H,36,40)/t21-,25-,28-,29+,31-/m1/s1. The molecule has 0 saturated carbocycles. The zero-order valence-electron chi connectivity index (χ0n) is 23.4. The fraction of sp³-hybridized carbons (Fsp3) is 0.531. The fourth-order valence-electron chi connectivity index (χ4n) is 7.50. The second-order valence-corrected chi connectivity index (χ2v) is 12.3. The number of nitrogens with two attached hydrogens (primary N) is 1. The first-order valence-corrected chi connectivity index (χ1v) is 14.8. The van der Waals surface area contributed by atoms with Crippen LogP contribution < -0.4 is 11.1 Å². The number of aliphatic imine (C=N–C) groups is 1. The third-order valence-electron chi connectivity index (χ3n) is 9.70. The molecule has 2 aromatic carbocycles. The molecule has 218 valence electrons. The summed E-state index contributed by atoms with van der Waals surface area (Å²) in [7, 11) is 0. The van der Waals surface area contributed by atoms with Crippen LogP contribution in [0, 0.1) is 5.92 Å². The Morgan fingerprint density at radius 2 is 1.93 bits per heavy atom. The van der Waals surface area contributed by atoms with Crippen molar-refractivity contribution in [2.45, 2.75) is 101 Å². The molecule has 3 aliphatic heterocycles. The van der Waals surface area contributed by atoms with E-state index in [1.807, 2.05) is 13.0 Å². The Morgan fingerprint density at radius 3 is 2.71 bits per heavy atom. The van der Waals surface area contributed by atoms with Gasteiger partial charge in [0.2, 0.25) is 11.8 Å². The predicted octanol–water partition coefficient (Wildman–Crippen LogP) is 4.82. The van der Waals surface area contributed by atoms with Gasteiger partial charge in [-0.3, -0.25) is 14.5 Å². The Balaban J connectivity index is 1.40. The molecule has 2 aromatic rings. The zero-order valence-corrected chi connectivity index (χ0v) is 23.4. The van der Waals surface area contributed by atoms with Crippen molar-refractivity contribution in [3.8, 4) is 0 Å². The maximum absolute atomic E-state index is 15.5. The number of carbonyl (C=O) groups excluding carboxylic acids is 2. The van der Waals surface area contributed by atoms with E-state index in [1.54, 1.807) is 18.2 Å². The number of aliphatic hydroxyl groups is 1. The number of amides is 2. The topological polar surface area (TPSA) is 108 Å². The molecule has 0 radical (unpaired) electrons. The lowest BCUT2D eigenvalue weighted by molar-refractivity contribution is -0.135. The Morgan fingerprint density at radius 1 is 1.12 bits per heavy atom. The van der Waals surface area contributed by atoms with Crippen LogP contribution in [0.25, 0.3) is 0 Å². The lowest BCUT2D eigenvalue weighted by Gasteiger charge is -2.46. The number of guanidine groups is 1. The van der Waals surface area contributed by atoms with Crippen molar-refractivity contribution in [2.24, 2.45) is 16.6 Å². The molecule has 4 N–H and O–H groups in total. The number of hydrogen-bond acceptors (Lipinski definition) is 5. The fourth-order valence-corrected chi connectivity index (χ4v) is 7.50. The van der Waals surface area contributed by atoms with Crippen molar-refractivity contribution < 1.29 is 23.5 Å². The summed E-state index contributed by atoms with van der Waals surface area (Å²) >= 11 is 0. The summed E-state index contributed by atoms with van der Waals surface area (Å²) in [5.74, 6) is -4.29. The summed E-state index contributed by atoms with van der Waals surface area (Å²) in [5, 5.41) is 13.8. The molecule has 7 nitrogen and oxygen atoms in total. The van der Waals surface area contributed by atoms with Gasteiger partial charge in [-0.1, -0.05) is 55.8 Å². The highest BCUT2D eigenvalue weighted by atomic mass is 19.3. The Hall–Kier alpha value is -3.33. The number of nitrogens with zero attached hydrogens (tertiary/aromatic N) is 2. The van der Waals surface area contributed by atoms with Gasteiger partial charge in [-0.2, -0.15) is 0 Å².